The van der Waals surface area contributed by atoms with E-state index in [4.69, 9.17) is 4.74 Å². The van der Waals surface area contributed by atoms with Crippen molar-refractivity contribution < 1.29 is 4.74 Å². The minimum absolute atomic E-state index is 0.279. The number of ether oxygens (including phenoxy) is 1. The molecule has 0 aliphatic carbocycles. The maximum Gasteiger partial charge on any atom is 0.217 e. The molecule has 0 fully saturated rings. The third-order valence-corrected chi connectivity index (χ3v) is 3.79. The van der Waals surface area contributed by atoms with Crippen molar-refractivity contribution in [1.82, 2.24) is 0 Å². The lowest BCUT2D eigenvalue weighted by molar-refractivity contribution is 0.292. The van der Waals surface area contributed by atoms with E-state index in [-0.39, 0.29) is 6.04 Å². The zero-order valence-electron chi connectivity index (χ0n) is 9.21. The van der Waals surface area contributed by atoms with Crippen molar-refractivity contribution in [2.75, 3.05) is 6.61 Å². The van der Waals surface area contributed by atoms with Crippen molar-refractivity contribution in [3.63, 3.8) is 0 Å². The first kappa shape index (κ1) is 12.1. The van der Waals surface area contributed by atoms with Gasteiger partial charge in [-0.05, 0) is 40.0 Å². The van der Waals surface area contributed by atoms with Crippen LogP contribution in [-0.2, 0) is 4.74 Å². The van der Waals surface area contributed by atoms with Crippen LogP contribution in [-0.4, -0.2) is 18.5 Å². The van der Waals surface area contributed by atoms with Crippen LogP contribution in [0, 0.1) is 5.92 Å². The van der Waals surface area contributed by atoms with Gasteiger partial charge in [0, 0.05) is 8.95 Å². The Balaban J connectivity index is 2.32. The molecule has 86 valence electrons. The van der Waals surface area contributed by atoms with Crippen LogP contribution in [0.4, 0.5) is 0 Å². The molecule has 0 unspecified atom stereocenters. The van der Waals surface area contributed by atoms with E-state index in [1.807, 2.05) is 18.2 Å². The van der Waals surface area contributed by atoms with Crippen molar-refractivity contribution >= 4 is 37.8 Å². The molecule has 0 radical (unpaired) electrons. The standard InChI is InChI=1S/C12H13Br2NO/c1-7(2)11-6-16-12(15-11)9-5-8(13)3-4-10(9)14/h3-5,7,11H,6H2,1-2H3/t11-/m1/s1. The number of hydrogen-bond acceptors (Lipinski definition) is 2. The van der Waals surface area contributed by atoms with Crippen LogP contribution in [0.3, 0.4) is 0 Å². The Morgan fingerprint density at radius 3 is 2.75 bits per heavy atom. The van der Waals surface area contributed by atoms with Crippen molar-refractivity contribution in [2.45, 2.75) is 19.9 Å². The summed E-state index contributed by atoms with van der Waals surface area (Å²) in [5.74, 6) is 1.26. The molecule has 1 aromatic rings. The van der Waals surface area contributed by atoms with Gasteiger partial charge in [-0.1, -0.05) is 29.8 Å². The van der Waals surface area contributed by atoms with Crippen LogP contribution < -0.4 is 0 Å². The summed E-state index contributed by atoms with van der Waals surface area (Å²) in [6.45, 7) is 5.01. The number of aliphatic imine (C=N–C) groups is 1. The molecule has 0 spiro atoms. The highest BCUT2D eigenvalue weighted by molar-refractivity contribution is 9.11. The molecular formula is C12H13Br2NO. The molecule has 4 heteroatoms. The van der Waals surface area contributed by atoms with Crippen molar-refractivity contribution in [3.05, 3.63) is 32.7 Å². The van der Waals surface area contributed by atoms with E-state index in [0.29, 0.717) is 12.5 Å². The lowest BCUT2D eigenvalue weighted by Gasteiger charge is -2.06. The number of benzene rings is 1. The zero-order valence-corrected chi connectivity index (χ0v) is 12.4. The largest absolute Gasteiger partial charge is 0.475 e. The highest BCUT2D eigenvalue weighted by Gasteiger charge is 2.23. The third-order valence-electron chi connectivity index (χ3n) is 2.60. The quantitative estimate of drug-likeness (QED) is 0.792. The first-order chi connectivity index (χ1) is 7.58. The van der Waals surface area contributed by atoms with Crippen LogP contribution >= 0.6 is 31.9 Å². The Kier molecular flexibility index (Phi) is 3.70. The number of rotatable bonds is 2. The first-order valence-corrected chi connectivity index (χ1v) is 6.82. The van der Waals surface area contributed by atoms with Gasteiger partial charge in [0.2, 0.25) is 5.90 Å². The molecule has 1 heterocycles. The average molecular weight is 347 g/mol. The molecule has 2 rings (SSSR count). The molecule has 0 saturated carbocycles. The fourth-order valence-electron chi connectivity index (χ4n) is 1.54. The predicted octanol–water partition coefficient (Wildman–Crippen LogP) is 4.01. The van der Waals surface area contributed by atoms with Crippen LogP contribution in [0.1, 0.15) is 19.4 Å². The first-order valence-electron chi connectivity index (χ1n) is 5.24. The van der Waals surface area contributed by atoms with E-state index in [1.54, 1.807) is 0 Å². The molecule has 1 atom stereocenters. The molecule has 0 saturated heterocycles. The van der Waals surface area contributed by atoms with E-state index in [2.05, 4.69) is 50.7 Å². The Hall–Kier alpha value is -0.350. The lowest BCUT2D eigenvalue weighted by atomic mass is 10.1. The summed E-state index contributed by atoms with van der Waals surface area (Å²) in [4.78, 5) is 4.60. The fraction of sp³-hybridized carbons (Fsp3) is 0.417. The summed E-state index contributed by atoms with van der Waals surface area (Å²) in [6, 6.07) is 6.28. The van der Waals surface area contributed by atoms with Crippen molar-refractivity contribution in [1.29, 1.82) is 0 Å². The molecule has 0 N–H and O–H groups in total. The van der Waals surface area contributed by atoms with Gasteiger partial charge in [0.1, 0.15) is 6.61 Å². The van der Waals surface area contributed by atoms with Gasteiger partial charge >= 0.3 is 0 Å². The van der Waals surface area contributed by atoms with Crippen LogP contribution in [0.2, 0.25) is 0 Å². The smallest absolute Gasteiger partial charge is 0.217 e. The Morgan fingerprint density at radius 2 is 2.12 bits per heavy atom. The van der Waals surface area contributed by atoms with Crippen LogP contribution in [0.15, 0.2) is 32.1 Å². The second-order valence-corrected chi connectivity index (χ2v) is 5.95. The fourth-order valence-corrected chi connectivity index (χ4v) is 2.32. The average Bonchev–Trinajstić information content (AvgIpc) is 2.70. The summed E-state index contributed by atoms with van der Waals surface area (Å²) < 4.78 is 7.69. The van der Waals surface area contributed by atoms with Gasteiger partial charge in [0.05, 0.1) is 11.6 Å². The molecule has 1 aromatic carbocycles. The van der Waals surface area contributed by atoms with Crippen molar-refractivity contribution in [3.8, 4) is 0 Å². The molecule has 0 aromatic heterocycles. The maximum absolute atomic E-state index is 5.65. The van der Waals surface area contributed by atoms with Gasteiger partial charge in [0.15, 0.2) is 0 Å². The number of hydrogen-bond donors (Lipinski definition) is 0. The summed E-state index contributed by atoms with van der Waals surface area (Å²) in [6.07, 6.45) is 0. The Morgan fingerprint density at radius 1 is 1.38 bits per heavy atom. The van der Waals surface area contributed by atoms with E-state index < -0.39 is 0 Å². The molecule has 2 nitrogen and oxygen atoms in total. The van der Waals surface area contributed by atoms with E-state index in [9.17, 15) is 0 Å². The van der Waals surface area contributed by atoms with Gasteiger partial charge in [-0.15, -0.1) is 0 Å². The van der Waals surface area contributed by atoms with Crippen LogP contribution in [0.25, 0.3) is 0 Å². The molecule has 16 heavy (non-hydrogen) atoms. The molecule has 1 aliphatic heterocycles. The molecule has 1 aliphatic rings. The van der Waals surface area contributed by atoms with Gasteiger partial charge in [-0.2, -0.15) is 0 Å². The predicted molar refractivity (Wildman–Crippen MR) is 73.0 cm³/mol. The van der Waals surface area contributed by atoms with Gasteiger partial charge in [0.25, 0.3) is 0 Å². The molecular weight excluding hydrogens is 334 g/mol. The minimum Gasteiger partial charge on any atom is -0.475 e. The second kappa shape index (κ2) is 4.88. The zero-order chi connectivity index (χ0) is 11.7. The molecule has 0 amide bonds. The van der Waals surface area contributed by atoms with Gasteiger partial charge < -0.3 is 4.74 Å². The highest BCUT2D eigenvalue weighted by Crippen LogP contribution is 2.26. The lowest BCUT2D eigenvalue weighted by Crippen LogP contribution is -2.13. The summed E-state index contributed by atoms with van der Waals surface area (Å²) in [5.41, 5.74) is 1.01. The maximum atomic E-state index is 5.65. The van der Waals surface area contributed by atoms with E-state index in [1.165, 1.54) is 0 Å². The summed E-state index contributed by atoms with van der Waals surface area (Å²) >= 11 is 6.97. The molecule has 0 bridgehead atoms. The third kappa shape index (κ3) is 2.48. The number of halogens is 2. The summed E-state index contributed by atoms with van der Waals surface area (Å²) in [7, 11) is 0. The highest BCUT2D eigenvalue weighted by atomic mass is 79.9. The Bertz CT molecular complexity index is 429. The number of nitrogens with zero attached hydrogens (tertiary/aromatic N) is 1. The summed E-state index contributed by atoms with van der Waals surface area (Å²) in [5, 5.41) is 0. The van der Waals surface area contributed by atoms with E-state index >= 15 is 0 Å². The van der Waals surface area contributed by atoms with Crippen LogP contribution in [0.5, 0.6) is 0 Å². The van der Waals surface area contributed by atoms with Gasteiger partial charge in [-0.3, -0.25) is 0 Å². The second-order valence-electron chi connectivity index (χ2n) is 4.18. The Labute approximate surface area is 112 Å². The minimum atomic E-state index is 0.279. The topological polar surface area (TPSA) is 21.6 Å². The monoisotopic (exact) mass is 345 g/mol. The van der Waals surface area contributed by atoms with Gasteiger partial charge in [-0.25, -0.2) is 4.99 Å². The van der Waals surface area contributed by atoms with E-state index in [0.717, 1.165) is 20.4 Å². The normalized spacial score (nSPS) is 19.8. The SMILES string of the molecule is CC(C)[C@H]1COC(c2cc(Br)ccc2Br)=N1. The van der Waals surface area contributed by atoms with Crippen molar-refractivity contribution in [2.24, 2.45) is 10.9 Å².